The van der Waals surface area contributed by atoms with Crippen molar-refractivity contribution in [2.75, 3.05) is 18.5 Å². The third-order valence-electron chi connectivity index (χ3n) is 4.11. The highest BCUT2D eigenvalue weighted by Crippen LogP contribution is 2.22. The lowest BCUT2D eigenvalue weighted by molar-refractivity contribution is -0.147. The van der Waals surface area contributed by atoms with Crippen molar-refractivity contribution in [3.05, 3.63) is 28.8 Å². The number of hydrogen-bond acceptors (Lipinski definition) is 5. The van der Waals surface area contributed by atoms with Crippen molar-refractivity contribution in [1.29, 1.82) is 0 Å². The van der Waals surface area contributed by atoms with Gasteiger partial charge in [-0.1, -0.05) is 17.7 Å². The van der Waals surface area contributed by atoms with E-state index in [0.29, 0.717) is 10.7 Å². The largest absolute Gasteiger partial charge is 0.456 e. The monoisotopic (exact) mass is 395 g/mol. The Morgan fingerprint density at radius 2 is 2.00 bits per heavy atom. The van der Waals surface area contributed by atoms with Crippen LogP contribution in [0.3, 0.4) is 0 Å². The molecule has 0 unspecified atom stereocenters. The minimum Gasteiger partial charge on any atom is -0.456 e. The summed E-state index contributed by atoms with van der Waals surface area (Å²) in [5, 5.41) is 5.70. The van der Waals surface area contributed by atoms with E-state index in [2.05, 4.69) is 10.6 Å². The zero-order chi connectivity index (χ0) is 20.2. The van der Waals surface area contributed by atoms with E-state index in [-0.39, 0.29) is 25.3 Å². The summed E-state index contributed by atoms with van der Waals surface area (Å²) in [6, 6.07) is 4.63. The van der Waals surface area contributed by atoms with Gasteiger partial charge in [-0.3, -0.25) is 19.3 Å². The van der Waals surface area contributed by atoms with E-state index < -0.39 is 30.1 Å². The van der Waals surface area contributed by atoms with Gasteiger partial charge in [0, 0.05) is 23.7 Å². The van der Waals surface area contributed by atoms with Gasteiger partial charge >= 0.3 is 12.0 Å². The van der Waals surface area contributed by atoms with Gasteiger partial charge in [-0.2, -0.15) is 0 Å². The fraction of sp³-hybridized carbons (Fsp3) is 0.444. The van der Waals surface area contributed by atoms with E-state index in [1.807, 2.05) is 0 Å². The number of ether oxygens (including phenoxy) is 1. The van der Waals surface area contributed by atoms with Gasteiger partial charge in [-0.25, -0.2) is 4.79 Å². The lowest BCUT2D eigenvalue weighted by Crippen LogP contribution is -2.40. The van der Waals surface area contributed by atoms with Gasteiger partial charge in [-0.15, -0.1) is 0 Å². The average molecular weight is 396 g/mol. The molecule has 1 aliphatic heterocycles. The molecule has 1 aliphatic rings. The summed E-state index contributed by atoms with van der Waals surface area (Å²) in [5.41, 5.74) is 0.328. The van der Waals surface area contributed by atoms with Crippen molar-refractivity contribution >= 4 is 41.1 Å². The summed E-state index contributed by atoms with van der Waals surface area (Å²) in [6.07, 6.45) is 0.240. The number of benzene rings is 1. The van der Waals surface area contributed by atoms with Crippen LogP contribution in [0.1, 0.15) is 32.3 Å². The van der Waals surface area contributed by atoms with E-state index >= 15 is 0 Å². The molecular weight excluding hydrogens is 374 g/mol. The number of halogens is 1. The summed E-state index contributed by atoms with van der Waals surface area (Å²) >= 11 is 5.98. The maximum absolute atomic E-state index is 12.0. The number of hydrogen-bond donors (Lipinski definition) is 2. The fourth-order valence-electron chi connectivity index (χ4n) is 2.55. The summed E-state index contributed by atoms with van der Waals surface area (Å²) in [7, 11) is 0. The second-order valence-electron chi connectivity index (χ2n) is 6.74. The van der Waals surface area contributed by atoms with Gasteiger partial charge in [0.25, 0.3) is 11.8 Å². The number of imide groups is 1. The standard InChI is InChI=1S/C18H22ClN3O5/c1-11-12(19)6-4-7-13(11)20-14(23)10-27-15(24)8-5-9-22-16(25)18(2,3)21-17(22)26/h4,6-7H,5,8-10H2,1-3H3,(H,20,23)(H,21,26). The van der Waals surface area contributed by atoms with Gasteiger partial charge in [-0.05, 0) is 44.9 Å². The number of carbonyl (C=O) groups excluding carboxylic acids is 4. The summed E-state index contributed by atoms with van der Waals surface area (Å²) < 4.78 is 4.92. The number of carbonyl (C=O) groups is 4. The second-order valence-corrected chi connectivity index (χ2v) is 7.14. The first-order valence-corrected chi connectivity index (χ1v) is 8.84. The highest BCUT2D eigenvalue weighted by molar-refractivity contribution is 6.31. The predicted octanol–water partition coefficient (Wildman–Crippen LogP) is 2.24. The molecule has 0 saturated carbocycles. The Kier molecular flexibility index (Phi) is 6.43. The summed E-state index contributed by atoms with van der Waals surface area (Å²) in [5.74, 6) is -1.40. The Morgan fingerprint density at radius 3 is 2.63 bits per heavy atom. The van der Waals surface area contributed by atoms with Crippen LogP contribution in [0.5, 0.6) is 0 Å². The Hall–Kier alpha value is -2.61. The molecular formula is C18H22ClN3O5. The molecule has 2 rings (SSSR count). The number of nitrogens with zero attached hydrogens (tertiary/aromatic N) is 1. The first-order chi connectivity index (χ1) is 12.6. The Labute approximate surface area is 162 Å². The van der Waals surface area contributed by atoms with Crippen molar-refractivity contribution in [3.63, 3.8) is 0 Å². The number of rotatable bonds is 7. The smallest absolute Gasteiger partial charge is 0.325 e. The van der Waals surface area contributed by atoms with Crippen LogP contribution < -0.4 is 10.6 Å². The molecule has 0 aromatic heterocycles. The molecule has 2 N–H and O–H groups in total. The number of esters is 1. The van der Waals surface area contributed by atoms with Crippen LogP contribution >= 0.6 is 11.6 Å². The van der Waals surface area contributed by atoms with Crippen molar-refractivity contribution < 1.29 is 23.9 Å². The molecule has 1 heterocycles. The van der Waals surface area contributed by atoms with E-state index in [9.17, 15) is 19.2 Å². The van der Waals surface area contributed by atoms with E-state index in [0.717, 1.165) is 10.5 Å². The van der Waals surface area contributed by atoms with Crippen molar-refractivity contribution in [2.24, 2.45) is 0 Å². The molecule has 0 atom stereocenters. The molecule has 1 aromatic carbocycles. The maximum Gasteiger partial charge on any atom is 0.325 e. The molecule has 9 heteroatoms. The van der Waals surface area contributed by atoms with Crippen LogP contribution in [0, 0.1) is 6.92 Å². The number of nitrogens with one attached hydrogen (secondary N) is 2. The van der Waals surface area contributed by atoms with Crippen LogP contribution in [0.15, 0.2) is 18.2 Å². The zero-order valence-corrected chi connectivity index (χ0v) is 16.2. The van der Waals surface area contributed by atoms with Gasteiger partial charge in [0.05, 0.1) is 0 Å². The van der Waals surface area contributed by atoms with E-state index in [4.69, 9.17) is 16.3 Å². The summed E-state index contributed by atoms with van der Waals surface area (Å²) in [6.45, 7) is 4.67. The minimum absolute atomic E-state index is 0.0129. The molecule has 4 amide bonds. The quantitative estimate of drug-likeness (QED) is 0.544. The lowest BCUT2D eigenvalue weighted by Gasteiger charge is -2.15. The van der Waals surface area contributed by atoms with Crippen LogP contribution in [-0.2, 0) is 19.1 Å². The van der Waals surface area contributed by atoms with Crippen LogP contribution in [0.25, 0.3) is 0 Å². The van der Waals surface area contributed by atoms with Gasteiger partial charge < -0.3 is 15.4 Å². The molecule has 1 saturated heterocycles. The molecule has 1 fully saturated rings. The molecule has 0 aliphatic carbocycles. The number of urea groups is 1. The van der Waals surface area contributed by atoms with E-state index in [1.165, 1.54) is 0 Å². The Balaban J connectivity index is 1.72. The van der Waals surface area contributed by atoms with Crippen molar-refractivity contribution in [2.45, 2.75) is 39.2 Å². The topological polar surface area (TPSA) is 105 Å². The van der Waals surface area contributed by atoms with Crippen LogP contribution in [-0.4, -0.2) is 47.4 Å². The fourth-order valence-corrected chi connectivity index (χ4v) is 2.72. The van der Waals surface area contributed by atoms with Gasteiger partial charge in [0.15, 0.2) is 6.61 Å². The van der Waals surface area contributed by atoms with Crippen molar-refractivity contribution in [1.82, 2.24) is 10.2 Å². The normalized spacial score (nSPS) is 15.5. The second kappa shape index (κ2) is 8.39. The summed E-state index contributed by atoms with van der Waals surface area (Å²) in [4.78, 5) is 48.5. The molecule has 8 nitrogen and oxygen atoms in total. The molecule has 146 valence electrons. The van der Waals surface area contributed by atoms with Crippen LogP contribution in [0.2, 0.25) is 5.02 Å². The molecule has 0 spiro atoms. The lowest BCUT2D eigenvalue weighted by atomic mass is 10.1. The molecule has 27 heavy (non-hydrogen) atoms. The maximum atomic E-state index is 12.0. The third-order valence-corrected chi connectivity index (χ3v) is 4.52. The Bertz CT molecular complexity index is 778. The van der Waals surface area contributed by atoms with E-state index in [1.54, 1.807) is 39.0 Å². The van der Waals surface area contributed by atoms with Crippen LogP contribution in [0.4, 0.5) is 10.5 Å². The van der Waals surface area contributed by atoms with Crippen molar-refractivity contribution in [3.8, 4) is 0 Å². The molecule has 0 radical (unpaired) electrons. The molecule has 1 aromatic rings. The highest BCUT2D eigenvalue weighted by atomic mass is 35.5. The number of anilines is 1. The zero-order valence-electron chi connectivity index (χ0n) is 15.4. The highest BCUT2D eigenvalue weighted by Gasteiger charge is 2.43. The predicted molar refractivity (Wildman–Crippen MR) is 99.3 cm³/mol. The SMILES string of the molecule is Cc1c(Cl)cccc1NC(=O)COC(=O)CCCN1C(=O)NC(C)(C)C1=O. The molecule has 0 bridgehead atoms. The first-order valence-electron chi connectivity index (χ1n) is 8.46. The number of amides is 4. The average Bonchev–Trinajstić information content (AvgIpc) is 2.78. The Morgan fingerprint density at radius 1 is 1.30 bits per heavy atom. The van der Waals surface area contributed by atoms with Gasteiger partial charge in [0.2, 0.25) is 0 Å². The first kappa shape index (κ1) is 20.7. The minimum atomic E-state index is -0.936. The third kappa shape index (κ3) is 5.19. The van der Waals surface area contributed by atoms with Gasteiger partial charge in [0.1, 0.15) is 5.54 Å².